The Bertz CT molecular complexity index is 576. The molecule has 6 nitrogen and oxygen atoms in total. The Morgan fingerprint density at radius 3 is 2.88 bits per heavy atom. The third-order valence-electron chi connectivity index (χ3n) is 4.98. The molecule has 0 saturated carbocycles. The highest BCUT2D eigenvalue weighted by Crippen LogP contribution is 2.36. The van der Waals surface area contributed by atoms with Crippen LogP contribution in [0.5, 0.6) is 0 Å². The predicted octanol–water partition coefficient (Wildman–Crippen LogP) is 2.73. The van der Waals surface area contributed by atoms with Gasteiger partial charge in [0.25, 0.3) is 0 Å². The van der Waals surface area contributed by atoms with Crippen LogP contribution in [0.2, 0.25) is 5.15 Å². The molecule has 2 heterocycles. The van der Waals surface area contributed by atoms with E-state index in [1.54, 1.807) is 11.8 Å². The van der Waals surface area contributed by atoms with Crippen molar-refractivity contribution in [3.8, 4) is 0 Å². The van der Waals surface area contributed by atoms with E-state index in [2.05, 4.69) is 16.9 Å². The van der Waals surface area contributed by atoms with E-state index in [0.29, 0.717) is 31.3 Å². The molecule has 24 heavy (non-hydrogen) atoms. The summed E-state index contributed by atoms with van der Waals surface area (Å²) in [6, 6.07) is 0. The minimum Gasteiger partial charge on any atom is -0.481 e. The van der Waals surface area contributed by atoms with Crippen LogP contribution in [0.3, 0.4) is 0 Å². The van der Waals surface area contributed by atoms with Crippen LogP contribution in [0.25, 0.3) is 0 Å². The molecule has 1 N–H and O–H groups in total. The molecule has 7 heteroatoms. The van der Waals surface area contributed by atoms with E-state index in [0.717, 1.165) is 43.5 Å². The number of likely N-dealkylation sites (tertiary alicyclic amines) is 1. The van der Waals surface area contributed by atoms with E-state index in [1.807, 2.05) is 7.05 Å². The fraction of sp³-hybridized carbons (Fsp3) is 0.765. The van der Waals surface area contributed by atoms with Gasteiger partial charge in [-0.25, -0.2) is 0 Å². The van der Waals surface area contributed by atoms with Crippen LogP contribution in [0.15, 0.2) is 0 Å². The van der Waals surface area contributed by atoms with Crippen molar-refractivity contribution in [1.82, 2.24) is 14.7 Å². The summed E-state index contributed by atoms with van der Waals surface area (Å²) in [6.07, 6.45) is 3.85. The fourth-order valence-corrected chi connectivity index (χ4v) is 3.87. The average Bonchev–Trinajstić information content (AvgIpc) is 2.83. The van der Waals surface area contributed by atoms with Crippen molar-refractivity contribution in [2.24, 2.45) is 12.5 Å². The van der Waals surface area contributed by atoms with E-state index in [1.165, 1.54) is 0 Å². The van der Waals surface area contributed by atoms with Gasteiger partial charge in [-0.05, 0) is 38.6 Å². The summed E-state index contributed by atoms with van der Waals surface area (Å²) in [5, 5.41) is 14.9. The van der Waals surface area contributed by atoms with E-state index < -0.39 is 11.4 Å². The van der Waals surface area contributed by atoms with Crippen molar-refractivity contribution in [3.05, 3.63) is 16.4 Å². The number of methoxy groups -OCH3 is 1. The summed E-state index contributed by atoms with van der Waals surface area (Å²) in [5.74, 6) is -0.698. The number of carbonyl (C=O) groups is 1. The normalized spacial score (nSPS) is 22.0. The lowest BCUT2D eigenvalue weighted by molar-refractivity contribution is -0.153. The van der Waals surface area contributed by atoms with Gasteiger partial charge in [0.15, 0.2) is 0 Å². The molecular formula is C17H28ClN3O3. The highest BCUT2D eigenvalue weighted by molar-refractivity contribution is 6.30. The van der Waals surface area contributed by atoms with E-state index in [4.69, 9.17) is 16.3 Å². The fourth-order valence-electron chi connectivity index (χ4n) is 3.67. The highest BCUT2D eigenvalue weighted by Gasteiger charge is 2.42. The van der Waals surface area contributed by atoms with Crippen molar-refractivity contribution in [3.63, 3.8) is 0 Å². The smallest absolute Gasteiger partial charge is 0.310 e. The number of carboxylic acid groups (broad SMARTS) is 1. The highest BCUT2D eigenvalue weighted by atomic mass is 35.5. The largest absolute Gasteiger partial charge is 0.481 e. The first-order valence-corrected chi connectivity index (χ1v) is 8.96. The molecule has 0 radical (unpaired) electrons. The molecule has 1 atom stereocenters. The van der Waals surface area contributed by atoms with Crippen LogP contribution in [-0.2, 0) is 29.5 Å². The molecule has 2 rings (SSSR count). The second-order valence-electron chi connectivity index (χ2n) is 6.69. The molecule has 1 aliphatic rings. The minimum atomic E-state index is -0.698. The molecule has 0 aliphatic carbocycles. The standard InChI is InChI=1S/C17H28ClN3O3/c1-4-14-13(15(18)20(2)19-14)11-21-9-5-7-17(12-21,16(22)23)8-6-10-24-3/h4-12H2,1-3H3,(H,22,23)/t17-/m0/s1. The molecule has 0 aromatic carbocycles. The molecule has 1 saturated heterocycles. The van der Waals surface area contributed by atoms with Crippen LogP contribution in [0, 0.1) is 5.41 Å². The molecule has 1 aromatic heterocycles. The summed E-state index contributed by atoms with van der Waals surface area (Å²) in [7, 11) is 3.49. The molecule has 1 aromatic rings. The lowest BCUT2D eigenvalue weighted by Gasteiger charge is -2.40. The average molecular weight is 358 g/mol. The number of piperidine rings is 1. The number of hydrogen-bond donors (Lipinski definition) is 1. The number of aryl methyl sites for hydroxylation is 2. The number of halogens is 1. The number of nitrogens with zero attached hydrogens (tertiary/aromatic N) is 3. The summed E-state index contributed by atoms with van der Waals surface area (Å²) in [6.45, 7) is 4.78. The van der Waals surface area contributed by atoms with Crippen LogP contribution in [0.1, 0.15) is 43.9 Å². The van der Waals surface area contributed by atoms with E-state index in [9.17, 15) is 9.90 Å². The van der Waals surface area contributed by atoms with Crippen molar-refractivity contribution >= 4 is 17.6 Å². The van der Waals surface area contributed by atoms with Gasteiger partial charge in [-0.2, -0.15) is 5.10 Å². The zero-order chi connectivity index (χ0) is 17.7. The van der Waals surface area contributed by atoms with Gasteiger partial charge in [0, 0.05) is 39.4 Å². The lowest BCUT2D eigenvalue weighted by atomic mass is 9.76. The molecule has 0 amide bonds. The number of rotatable bonds is 8. The summed E-state index contributed by atoms with van der Waals surface area (Å²) < 4.78 is 6.79. The van der Waals surface area contributed by atoms with Gasteiger partial charge in [0.2, 0.25) is 0 Å². The summed E-state index contributed by atoms with van der Waals surface area (Å²) >= 11 is 6.39. The van der Waals surface area contributed by atoms with Crippen molar-refractivity contribution in [2.45, 2.75) is 45.6 Å². The lowest BCUT2D eigenvalue weighted by Crippen LogP contribution is -2.47. The maximum atomic E-state index is 12.0. The van der Waals surface area contributed by atoms with Crippen LogP contribution < -0.4 is 0 Å². The first-order chi connectivity index (χ1) is 11.4. The second-order valence-corrected chi connectivity index (χ2v) is 7.05. The zero-order valence-electron chi connectivity index (χ0n) is 14.8. The molecule has 1 aliphatic heterocycles. The van der Waals surface area contributed by atoms with Gasteiger partial charge in [0.1, 0.15) is 5.15 Å². The first kappa shape index (κ1) is 19.2. The van der Waals surface area contributed by atoms with Crippen molar-refractivity contribution < 1.29 is 14.6 Å². The molecule has 0 bridgehead atoms. The van der Waals surface area contributed by atoms with Crippen molar-refractivity contribution in [1.29, 1.82) is 0 Å². The Hall–Kier alpha value is -1.11. The quantitative estimate of drug-likeness (QED) is 0.724. The Balaban J connectivity index is 2.13. The van der Waals surface area contributed by atoms with Gasteiger partial charge in [-0.3, -0.25) is 14.4 Å². The van der Waals surface area contributed by atoms with Gasteiger partial charge < -0.3 is 9.84 Å². The summed E-state index contributed by atoms with van der Waals surface area (Å²) in [4.78, 5) is 14.2. The number of aromatic nitrogens is 2. The van der Waals surface area contributed by atoms with Crippen LogP contribution in [-0.4, -0.2) is 52.6 Å². The topological polar surface area (TPSA) is 67.6 Å². The van der Waals surface area contributed by atoms with Crippen molar-refractivity contribution in [2.75, 3.05) is 26.8 Å². The molecular weight excluding hydrogens is 330 g/mol. The third kappa shape index (κ3) is 4.10. The molecule has 136 valence electrons. The minimum absolute atomic E-state index is 0.556. The third-order valence-corrected chi connectivity index (χ3v) is 5.45. The van der Waals surface area contributed by atoms with Gasteiger partial charge >= 0.3 is 5.97 Å². The Kier molecular flexibility index (Phi) is 6.66. The first-order valence-electron chi connectivity index (χ1n) is 8.58. The van der Waals surface area contributed by atoms with Crippen LogP contribution >= 0.6 is 11.6 Å². The number of ether oxygens (including phenoxy) is 1. The Morgan fingerprint density at radius 2 is 2.25 bits per heavy atom. The van der Waals surface area contributed by atoms with Gasteiger partial charge in [-0.1, -0.05) is 18.5 Å². The number of hydrogen-bond acceptors (Lipinski definition) is 4. The van der Waals surface area contributed by atoms with Gasteiger partial charge in [0.05, 0.1) is 11.1 Å². The molecule has 0 unspecified atom stereocenters. The maximum absolute atomic E-state index is 12.0. The number of carboxylic acids is 1. The monoisotopic (exact) mass is 357 g/mol. The SMILES string of the molecule is CCc1nn(C)c(Cl)c1CN1CCC[C@@](CCCOC)(C(=O)O)C1. The molecule has 0 spiro atoms. The maximum Gasteiger partial charge on any atom is 0.310 e. The van der Waals surface area contributed by atoms with Gasteiger partial charge in [-0.15, -0.1) is 0 Å². The van der Waals surface area contributed by atoms with E-state index in [-0.39, 0.29) is 0 Å². The Morgan fingerprint density at radius 1 is 1.50 bits per heavy atom. The summed E-state index contributed by atoms with van der Waals surface area (Å²) in [5.41, 5.74) is 1.34. The van der Waals surface area contributed by atoms with E-state index >= 15 is 0 Å². The predicted molar refractivity (Wildman–Crippen MR) is 93.3 cm³/mol. The Labute approximate surface area is 148 Å². The van der Waals surface area contributed by atoms with Crippen LogP contribution in [0.4, 0.5) is 0 Å². The zero-order valence-corrected chi connectivity index (χ0v) is 15.6. The molecule has 1 fully saturated rings. The number of aliphatic carboxylic acids is 1. The second kappa shape index (κ2) is 8.32.